The smallest absolute Gasteiger partial charge is 0.494 e. The van der Waals surface area contributed by atoms with Crippen LogP contribution in [0.5, 0.6) is 11.6 Å². The van der Waals surface area contributed by atoms with Crippen LogP contribution in [0.1, 0.15) is 36.5 Å². The zero-order valence-corrected chi connectivity index (χ0v) is 18.5. The lowest BCUT2D eigenvalue weighted by Crippen LogP contribution is -2.34. The Morgan fingerprint density at radius 1 is 1.06 bits per heavy atom. The molecule has 4 nitrogen and oxygen atoms in total. The van der Waals surface area contributed by atoms with Gasteiger partial charge in [0.2, 0.25) is 0 Å². The second-order valence-electron chi connectivity index (χ2n) is 8.73. The average Bonchev–Trinajstić information content (AvgIpc) is 3.04. The molecule has 32 heavy (non-hydrogen) atoms. The number of aromatic hydroxyl groups is 1. The lowest BCUT2D eigenvalue weighted by atomic mass is 9.89. The molecule has 0 bridgehead atoms. The molecule has 172 valence electrons. The molecule has 2 aromatic carbocycles. The highest BCUT2D eigenvalue weighted by Gasteiger charge is 2.31. The van der Waals surface area contributed by atoms with E-state index in [9.17, 15) is 18.3 Å². The first-order chi connectivity index (χ1) is 15.2. The van der Waals surface area contributed by atoms with Gasteiger partial charge in [-0.1, -0.05) is 25.1 Å². The molecule has 2 heterocycles. The summed E-state index contributed by atoms with van der Waals surface area (Å²) in [7, 11) is 0. The maximum Gasteiger partial charge on any atom is 0.573 e. The van der Waals surface area contributed by atoms with Crippen LogP contribution in [0.2, 0.25) is 0 Å². The third-order valence-corrected chi connectivity index (χ3v) is 6.40. The van der Waals surface area contributed by atoms with Crippen molar-refractivity contribution < 1.29 is 23.0 Å². The van der Waals surface area contributed by atoms with Gasteiger partial charge in [-0.25, -0.2) is 0 Å². The highest BCUT2D eigenvalue weighted by Crippen LogP contribution is 2.33. The Bertz CT molecular complexity index is 1070. The monoisotopic (exact) mass is 446 g/mol. The number of likely N-dealkylation sites (tertiary alicyclic amines) is 1. The van der Waals surface area contributed by atoms with Crippen LogP contribution in [0.25, 0.3) is 10.8 Å². The van der Waals surface area contributed by atoms with Crippen LogP contribution in [-0.2, 0) is 13.0 Å². The van der Waals surface area contributed by atoms with Gasteiger partial charge in [0.1, 0.15) is 5.75 Å². The van der Waals surface area contributed by atoms with Crippen LogP contribution < -0.4 is 4.74 Å². The maximum absolute atomic E-state index is 12.4. The lowest BCUT2D eigenvalue weighted by molar-refractivity contribution is -0.274. The highest BCUT2D eigenvalue weighted by molar-refractivity contribution is 5.91. The summed E-state index contributed by atoms with van der Waals surface area (Å²) < 4.78 is 42.7. The van der Waals surface area contributed by atoms with Crippen molar-refractivity contribution >= 4 is 10.8 Å². The number of benzene rings is 2. The Morgan fingerprint density at radius 3 is 2.38 bits per heavy atom. The average molecular weight is 447 g/mol. The molecule has 0 atom stereocenters. The van der Waals surface area contributed by atoms with Crippen molar-refractivity contribution in [1.29, 1.82) is 0 Å². The summed E-state index contributed by atoms with van der Waals surface area (Å²) >= 11 is 0. The number of hydrogen-bond acceptors (Lipinski definition) is 3. The summed E-state index contributed by atoms with van der Waals surface area (Å²) in [5.41, 5.74) is 3.10. The normalized spacial score (nSPS) is 16.0. The molecular weight excluding hydrogens is 417 g/mol. The Kier molecular flexibility index (Phi) is 6.38. The minimum Gasteiger partial charge on any atom is -0.494 e. The maximum atomic E-state index is 12.4. The van der Waals surface area contributed by atoms with Gasteiger partial charge in [0.15, 0.2) is 5.88 Å². The minimum absolute atomic E-state index is 0.177. The molecule has 0 aliphatic carbocycles. The number of alkyl halides is 3. The number of ether oxygens (including phenoxy) is 1. The Labute approximate surface area is 186 Å². The molecule has 7 heteroatoms. The number of piperidine rings is 1. The van der Waals surface area contributed by atoms with Crippen LogP contribution in [0.3, 0.4) is 0 Å². The van der Waals surface area contributed by atoms with E-state index >= 15 is 0 Å². The van der Waals surface area contributed by atoms with E-state index in [-0.39, 0.29) is 11.6 Å². The molecule has 1 saturated heterocycles. The van der Waals surface area contributed by atoms with Gasteiger partial charge >= 0.3 is 6.36 Å². The first kappa shape index (κ1) is 22.5. The van der Waals surface area contributed by atoms with E-state index in [4.69, 9.17) is 0 Å². The van der Waals surface area contributed by atoms with Crippen molar-refractivity contribution in [1.82, 2.24) is 9.47 Å². The van der Waals surface area contributed by atoms with Gasteiger partial charge in [0, 0.05) is 17.0 Å². The number of nitrogens with zero attached hydrogens (tertiary/aromatic N) is 2. The van der Waals surface area contributed by atoms with Crippen molar-refractivity contribution in [3.05, 3.63) is 59.3 Å². The van der Waals surface area contributed by atoms with E-state index in [0.717, 1.165) is 48.0 Å². The number of aryl methyl sites for hydroxylation is 1. The second kappa shape index (κ2) is 9.06. The largest absolute Gasteiger partial charge is 0.573 e. The zero-order valence-electron chi connectivity index (χ0n) is 18.5. The van der Waals surface area contributed by atoms with Crippen LogP contribution in [0.15, 0.2) is 42.6 Å². The molecule has 0 saturated carbocycles. The van der Waals surface area contributed by atoms with Crippen molar-refractivity contribution in [2.45, 2.75) is 46.0 Å². The van der Waals surface area contributed by atoms with Crippen LogP contribution in [0, 0.1) is 12.8 Å². The van der Waals surface area contributed by atoms with E-state index in [1.54, 1.807) is 16.7 Å². The molecular formula is C25H29F3N2O2. The number of halogens is 3. The summed E-state index contributed by atoms with van der Waals surface area (Å²) in [6.07, 6.45) is 0.679. The molecule has 0 amide bonds. The van der Waals surface area contributed by atoms with Crippen molar-refractivity contribution in [2.75, 3.05) is 19.6 Å². The van der Waals surface area contributed by atoms with E-state index in [1.807, 2.05) is 13.1 Å². The molecule has 4 rings (SSSR count). The van der Waals surface area contributed by atoms with Gasteiger partial charge in [-0.3, -0.25) is 0 Å². The summed E-state index contributed by atoms with van der Waals surface area (Å²) in [4.78, 5) is 2.49. The standard InChI is InChI=1S/C25H29F3N2O2/c1-3-29-10-8-18(9-11-29)13-20-12-17(2)23-21(14-20)16-30(24(23)31)15-19-4-6-22(7-5-19)32-25(26,27)28/h4-7,12,14,16,18,31H,3,8-11,13,15H2,1-2H3. The first-order valence-corrected chi connectivity index (χ1v) is 11.1. The van der Waals surface area contributed by atoms with Crippen LogP contribution in [0.4, 0.5) is 13.2 Å². The van der Waals surface area contributed by atoms with Gasteiger partial charge in [-0.2, -0.15) is 0 Å². The highest BCUT2D eigenvalue weighted by atomic mass is 19.4. The van der Waals surface area contributed by atoms with Gasteiger partial charge < -0.3 is 19.3 Å². The van der Waals surface area contributed by atoms with Crippen molar-refractivity contribution in [3.63, 3.8) is 0 Å². The molecule has 0 radical (unpaired) electrons. The van der Waals surface area contributed by atoms with E-state index < -0.39 is 6.36 Å². The number of aromatic nitrogens is 1. The topological polar surface area (TPSA) is 37.6 Å². The molecule has 1 fully saturated rings. The zero-order chi connectivity index (χ0) is 22.9. The second-order valence-corrected chi connectivity index (χ2v) is 8.73. The molecule has 0 unspecified atom stereocenters. The van der Waals surface area contributed by atoms with Crippen LogP contribution in [-0.4, -0.2) is 40.6 Å². The van der Waals surface area contributed by atoms with Crippen molar-refractivity contribution in [3.8, 4) is 11.6 Å². The fourth-order valence-corrected chi connectivity index (χ4v) is 4.74. The first-order valence-electron chi connectivity index (χ1n) is 11.1. The van der Waals surface area contributed by atoms with Crippen LogP contribution >= 0.6 is 0 Å². The number of fused-ring (bicyclic) bond motifs is 1. The van der Waals surface area contributed by atoms with E-state index in [2.05, 4.69) is 28.7 Å². The predicted molar refractivity (Wildman–Crippen MR) is 119 cm³/mol. The van der Waals surface area contributed by atoms with Gasteiger partial charge in [0.25, 0.3) is 0 Å². The Hall–Kier alpha value is -2.67. The molecule has 1 aliphatic rings. The number of hydrogen-bond donors (Lipinski definition) is 1. The Balaban J connectivity index is 1.50. The Morgan fingerprint density at radius 2 is 1.75 bits per heavy atom. The molecule has 0 spiro atoms. The molecule has 1 N–H and O–H groups in total. The third kappa shape index (κ3) is 5.21. The summed E-state index contributed by atoms with van der Waals surface area (Å²) in [6, 6.07) is 10.1. The fraction of sp³-hybridized carbons (Fsp3) is 0.440. The predicted octanol–water partition coefficient (Wildman–Crippen LogP) is 5.88. The minimum atomic E-state index is -4.71. The van der Waals surface area contributed by atoms with E-state index in [1.165, 1.54) is 30.5 Å². The quantitative estimate of drug-likeness (QED) is 0.514. The van der Waals surface area contributed by atoms with Gasteiger partial charge in [-0.15, -0.1) is 13.2 Å². The molecule has 1 aliphatic heterocycles. The summed E-state index contributed by atoms with van der Waals surface area (Å²) in [5, 5.41) is 12.6. The summed E-state index contributed by atoms with van der Waals surface area (Å²) in [5.74, 6) is 0.604. The van der Waals surface area contributed by atoms with Crippen molar-refractivity contribution in [2.24, 2.45) is 5.92 Å². The molecule has 1 aromatic heterocycles. The third-order valence-electron chi connectivity index (χ3n) is 6.40. The SMILES string of the molecule is CCN1CCC(Cc2cc(C)c3c(O)n(Cc4ccc(OC(F)(F)F)cc4)cc3c2)CC1. The number of rotatable bonds is 6. The van der Waals surface area contributed by atoms with E-state index in [0.29, 0.717) is 12.5 Å². The van der Waals surface area contributed by atoms with Gasteiger partial charge in [-0.05, 0) is 86.6 Å². The molecule has 3 aromatic rings. The van der Waals surface area contributed by atoms with Gasteiger partial charge in [0.05, 0.1) is 6.54 Å². The fourth-order valence-electron chi connectivity index (χ4n) is 4.74. The summed E-state index contributed by atoms with van der Waals surface area (Å²) in [6.45, 7) is 8.01. The lowest BCUT2D eigenvalue weighted by Gasteiger charge is -2.31.